The third-order valence-corrected chi connectivity index (χ3v) is 17.9. The number of benzene rings is 1. The number of nitrogens with zero attached hydrogens (tertiary/aromatic N) is 1. The highest BCUT2D eigenvalue weighted by Crippen LogP contribution is 2.51. The molecular weight excluding hydrogens is 527 g/mol. The van der Waals surface area contributed by atoms with Crippen LogP contribution in [-0.4, -0.2) is 28.2 Å². The summed E-state index contributed by atoms with van der Waals surface area (Å²) < 4.78 is 21.0. The van der Waals surface area contributed by atoms with Gasteiger partial charge in [0.25, 0.3) is 16.6 Å². The lowest BCUT2D eigenvalue weighted by Gasteiger charge is -2.41. The van der Waals surface area contributed by atoms with Crippen molar-refractivity contribution in [2.75, 3.05) is 6.61 Å². The van der Waals surface area contributed by atoms with Gasteiger partial charge in [0.1, 0.15) is 5.75 Å². The second kappa shape index (κ2) is 12.5. The van der Waals surface area contributed by atoms with Crippen LogP contribution in [0.4, 0.5) is 0 Å². The Morgan fingerprint density at radius 1 is 0.950 bits per heavy atom. The molecule has 0 N–H and O–H groups in total. The molecule has 1 aromatic carbocycles. The number of hydrogen-bond donors (Lipinski definition) is 0. The van der Waals surface area contributed by atoms with E-state index >= 15 is 0 Å². The van der Waals surface area contributed by atoms with Gasteiger partial charge in [0.15, 0.2) is 0 Å². The average Bonchev–Trinajstić information content (AvgIpc) is 2.84. The number of hydrogen-bond acceptors (Lipinski definition) is 4. The van der Waals surface area contributed by atoms with Gasteiger partial charge in [-0.2, -0.15) is 0 Å². The summed E-state index contributed by atoms with van der Waals surface area (Å²) in [5.74, 6) is 1.87. The molecule has 1 fully saturated rings. The smallest absolute Gasteiger partial charge is 0.252 e. The van der Waals surface area contributed by atoms with Gasteiger partial charge in [0.05, 0.1) is 18.3 Å². The van der Waals surface area contributed by atoms with Crippen LogP contribution < -0.4 is 8.85 Å². The molecule has 2 aromatic rings. The van der Waals surface area contributed by atoms with E-state index in [0.29, 0.717) is 12.5 Å². The Morgan fingerprint density at radius 2 is 1.55 bits per heavy atom. The van der Waals surface area contributed by atoms with Crippen LogP contribution in [0.25, 0.3) is 11.1 Å². The summed E-state index contributed by atoms with van der Waals surface area (Å²) in [7, 11) is -4.41. The molecule has 0 amide bonds. The zero-order valence-corrected chi connectivity index (χ0v) is 29.4. The molecule has 0 unspecified atom stereocenters. The van der Waals surface area contributed by atoms with Gasteiger partial charge in [0, 0.05) is 11.8 Å². The van der Waals surface area contributed by atoms with Crippen LogP contribution in [0.3, 0.4) is 0 Å². The van der Waals surface area contributed by atoms with Crippen LogP contribution in [0.15, 0.2) is 48.2 Å². The molecular formula is C34H55NO3Si2. The summed E-state index contributed by atoms with van der Waals surface area (Å²) in [4.78, 5) is 5.05. The van der Waals surface area contributed by atoms with E-state index in [1.807, 2.05) is 6.20 Å². The lowest BCUT2D eigenvalue weighted by Crippen LogP contribution is -2.45. The molecule has 40 heavy (non-hydrogen) atoms. The fourth-order valence-electron chi connectivity index (χ4n) is 4.52. The van der Waals surface area contributed by atoms with Crippen LogP contribution in [0.5, 0.6) is 11.6 Å². The number of pyridine rings is 1. The van der Waals surface area contributed by atoms with Crippen molar-refractivity contribution in [3.8, 4) is 22.8 Å². The van der Waals surface area contributed by atoms with Gasteiger partial charge in [-0.15, -0.1) is 0 Å². The molecule has 1 aromatic heterocycles. The number of rotatable bonds is 9. The fraction of sp³-hybridized carbons (Fsp3) is 0.618. The van der Waals surface area contributed by atoms with E-state index in [9.17, 15) is 0 Å². The minimum Gasteiger partial charge on any atom is -0.543 e. The summed E-state index contributed by atoms with van der Waals surface area (Å²) >= 11 is 0. The highest BCUT2D eigenvalue weighted by Gasteiger charge is 2.44. The van der Waals surface area contributed by atoms with Crippen molar-refractivity contribution in [2.24, 2.45) is 5.92 Å². The van der Waals surface area contributed by atoms with E-state index in [-0.39, 0.29) is 22.1 Å². The van der Waals surface area contributed by atoms with Crippen molar-refractivity contribution >= 4 is 16.6 Å². The van der Waals surface area contributed by atoms with Gasteiger partial charge >= 0.3 is 0 Å². The topological polar surface area (TPSA) is 40.6 Å². The van der Waals surface area contributed by atoms with Crippen molar-refractivity contribution in [3.05, 3.63) is 53.7 Å². The summed E-state index contributed by atoms with van der Waals surface area (Å²) in [6.45, 7) is 28.1. The Balaban J connectivity index is 2.25. The first-order chi connectivity index (χ1) is 18.5. The SMILES string of the molecule is CCCC/C=C1/CO[C@@H](c2c(O[Si](C)(C)C(C)(C)C)ncc(-c3ccccc3)c2O[Si](C)(C)C(C)(C)C)[C@H](C)C1. The lowest BCUT2D eigenvalue weighted by atomic mass is 9.87. The molecule has 0 spiro atoms. The van der Waals surface area contributed by atoms with Crippen LogP contribution in [0.2, 0.25) is 36.3 Å². The normalized spacial score (nSPS) is 20.1. The van der Waals surface area contributed by atoms with Gasteiger partial charge in [-0.05, 0) is 66.2 Å². The zero-order valence-electron chi connectivity index (χ0n) is 27.4. The quantitative estimate of drug-likeness (QED) is 0.168. The maximum absolute atomic E-state index is 7.27. The third-order valence-electron chi connectivity index (χ3n) is 9.26. The van der Waals surface area contributed by atoms with Crippen molar-refractivity contribution in [3.63, 3.8) is 0 Å². The molecule has 0 radical (unpaired) electrons. The molecule has 222 valence electrons. The largest absolute Gasteiger partial charge is 0.543 e. The summed E-state index contributed by atoms with van der Waals surface area (Å²) in [5.41, 5.74) is 4.52. The minimum absolute atomic E-state index is 0.0379. The highest BCUT2D eigenvalue weighted by atomic mass is 28.4. The fourth-order valence-corrected chi connectivity index (χ4v) is 6.51. The third kappa shape index (κ3) is 7.48. The maximum atomic E-state index is 7.27. The van der Waals surface area contributed by atoms with Crippen molar-refractivity contribution in [2.45, 2.75) is 123 Å². The molecule has 0 bridgehead atoms. The molecule has 2 heterocycles. The molecule has 4 nitrogen and oxygen atoms in total. The Hall–Kier alpha value is -1.90. The number of ether oxygens (including phenoxy) is 1. The van der Waals surface area contributed by atoms with Crippen LogP contribution in [0.1, 0.15) is 92.7 Å². The van der Waals surface area contributed by atoms with Gasteiger partial charge in [-0.3, -0.25) is 0 Å². The second-order valence-corrected chi connectivity index (χ2v) is 24.2. The van der Waals surface area contributed by atoms with Gasteiger partial charge in [0.2, 0.25) is 5.88 Å². The second-order valence-electron chi connectivity index (χ2n) is 14.7. The summed E-state index contributed by atoms with van der Waals surface area (Å²) in [6, 6.07) is 10.5. The Bertz CT molecular complexity index is 1160. The van der Waals surface area contributed by atoms with Gasteiger partial charge in [-0.25, -0.2) is 4.98 Å². The molecule has 1 saturated heterocycles. The first-order valence-electron chi connectivity index (χ1n) is 15.2. The van der Waals surface area contributed by atoms with Gasteiger partial charge < -0.3 is 13.6 Å². The summed E-state index contributed by atoms with van der Waals surface area (Å²) in [5, 5.41) is 0.0783. The van der Waals surface area contributed by atoms with Crippen molar-refractivity contribution in [1.82, 2.24) is 4.98 Å². The van der Waals surface area contributed by atoms with E-state index in [1.165, 1.54) is 18.4 Å². The molecule has 1 aliphatic heterocycles. The standard InChI is InChI=1S/C34H55NO3Si2/c1-13-14-16-19-26-22-25(2)30(36-24-26)29-31(37-39(9,10)33(3,4)5)28(27-20-17-15-18-21-27)23-35-32(29)38-40(11,12)34(6,7)8/h15,17-21,23,25,30H,13-14,16,22,24H2,1-12H3/b26-19+/t25-,30-/m1/s1. The molecule has 6 heteroatoms. The number of allylic oxidation sites excluding steroid dienone is 1. The maximum Gasteiger partial charge on any atom is 0.252 e. The predicted octanol–water partition coefficient (Wildman–Crippen LogP) is 10.7. The first kappa shape index (κ1) is 32.6. The Labute approximate surface area is 247 Å². The molecule has 0 saturated carbocycles. The van der Waals surface area contributed by atoms with E-state index in [0.717, 1.165) is 35.3 Å². The van der Waals surface area contributed by atoms with Crippen LogP contribution >= 0.6 is 0 Å². The Morgan fingerprint density at radius 3 is 2.10 bits per heavy atom. The number of unbranched alkanes of at least 4 members (excludes halogenated alkanes) is 2. The minimum atomic E-state index is -2.22. The first-order valence-corrected chi connectivity index (χ1v) is 21.1. The van der Waals surface area contributed by atoms with E-state index in [2.05, 4.69) is 118 Å². The average molecular weight is 582 g/mol. The van der Waals surface area contributed by atoms with E-state index < -0.39 is 16.6 Å². The van der Waals surface area contributed by atoms with Crippen LogP contribution in [-0.2, 0) is 4.74 Å². The molecule has 0 aliphatic carbocycles. The molecule has 1 aliphatic rings. The van der Waals surface area contributed by atoms with E-state index in [4.69, 9.17) is 18.6 Å². The number of aromatic nitrogens is 1. The van der Waals surface area contributed by atoms with Crippen molar-refractivity contribution in [1.29, 1.82) is 0 Å². The summed E-state index contributed by atoms with van der Waals surface area (Å²) in [6.07, 6.45) is 8.78. The lowest BCUT2D eigenvalue weighted by molar-refractivity contribution is 0.00220. The highest BCUT2D eigenvalue weighted by molar-refractivity contribution is 6.75. The predicted molar refractivity (Wildman–Crippen MR) is 175 cm³/mol. The monoisotopic (exact) mass is 581 g/mol. The Kier molecular flexibility index (Phi) is 10.2. The van der Waals surface area contributed by atoms with Crippen LogP contribution in [0, 0.1) is 5.92 Å². The molecule has 2 atom stereocenters. The van der Waals surface area contributed by atoms with Gasteiger partial charge in [-0.1, -0.05) is 105 Å². The zero-order chi connectivity index (χ0) is 29.9. The van der Waals surface area contributed by atoms with Crippen molar-refractivity contribution < 1.29 is 13.6 Å². The molecule has 3 rings (SSSR count). The van der Waals surface area contributed by atoms with E-state index in [1.54, 1.807) is 0 Å².